The van der Waals surface area contributed by atoms with E-state index in [-0.39, 0.29) is 0 Å². The Bertz CT molecular complexity index is 170. The van der Waals surface area contributed by atoms with Crippen molar-refractivity contribution in [2.75, 3.05) is 20.1 Å². The molecule has 1 aliphatic carbocycles. The van der Waals surface area contributed by atoms with Gasteiger partial charge in [-0.25, -0.2) is 0 Å². The molecule has 0 aliphatic heterocycles. The Morgan fingerprint density at radius 3 is 2.17 bits per heavy atom. The first-order chi connectivity index (χ1) is 8.83. The summed E-state index contributed by atoms with van der Waals surface area (Å²) in [6, 6.07) is 0. The van der Waals surface area contributed by atoms with Crippen LogP contribution in [0.15, 0.2) is 0 Å². The highest BCUT2D eigenvalue weighted by atomic mass is 15.1. The summed E-state index contributed by atoms with van der Waals surface area (Å²) in [7, 11) is 2.31. The third-order valence-electron chi connectivity index (χ3n) is 4.54. The van der Waals surface area contributed by atoms with Crippen LogP contribution in [0, 0.1) is 5.92 Å². The summed E-state index contributed by atoms with van der Waals surface area (Å²) in [6.07, 6.45) is 17.5. The van der Waals surface area contributed by atoms with Gasteiger partial charge in [0.1, 0.15) is 0 Å². The van der Waals surface area contributed by atoms with Crippen LogP contribution in [0.2, 0.25) is 0 Å². The molecule has 0 bridgehead atoms. The van der Waals surface area contributed by atoms with Crippen molar-refractivity contribution < 1.29 is 0 Å². The van der Waals surface area contributed by atoms with Gasteiger partial charge in [0.05, 0.1) is 0 Å². The number of nitrogens with zero attached hydrogens (tertiary/aromatic N) is 1. The summed E-state index contributed by atoms with van der Waals surface area (Å²) >= 11 is 0. The number of unbranched alkanes of at least 4 members (excludes halogenated alkanes) is 3. The largest absolute Gasteiger partial charge is 0.306 e. The van der Waals surface area contributed by atoms with E-state index >= 15 is 0 Å². The van der Waals surface area contributed by atoms with Crippen molar-refractivity contribution in [3.05, 3.63) is 0 Å². The minimum atomic E-state index is 1.03. The van der Waals surface area contributed by atoms with Gasteiger partial charge in [-0.1, -0.05) is 71.1 Å². The summed E-state index contributed by atoms with van der Waals surface area (Å²) in [5, 5.41) is 0. The minimum Gasteiger partial charge on any atom is -0.306 e. The van der Waals surface area contributed by atoms with Crippen molar-refractivity contribution in [3.63, 3.8) is 0 Å². The topological polar surface area (TPSA) is 3.24 Å². The van der Waals surface area contributed by atoms with E-state index < -0.39 is 0 Å². The van der Waals surface area contributed by atoms with Crippen molar-refractivity contribution >= 4 is 0 Å². The second-order valence-electron chi connectivity index (χ2n) is 6.36. The molecular weight excluding hydrogens is 218 g/mol. The highest BCUT2D eigenvalue weighted by Gasteiger charge is 2.11. The molecule has 0 N–H and O–H groups in total. The van der Waals surface area contributed by atoms with Crippen molar-refractivity contribution in [2.24, 2.45) is 5.92 Å². The fraction of sp³-hybridized carbons (Fsp3) is 1.00. The van der Waals surface area contributed by atoms with E-state index in [9.17, 15) is 0 Å². The van der Waals surface area contributed by atoms with E-state index in [1.807, 2.05) is 0 Å². The van der Waals surface area contributed by atoms with Crippen molar-refractivity contribution in [1.82, 2.24) is 4.90 Å². The number of hydrogen-bond acceptors (Lipinski definition) is 1. The molecule has 0 spiro atoms. The van der Waals surface area contributed by atoms with Gasteiger partial charge in [-0.2, -0.15) is 0 Å². The third-order valence-corrected chi connectivity index (χ3v) is 4.54. The molecule has 0 radical (unpaired) electrons. The Labute approximate surface area is 115 Å². The van der Waals surface area contributed by atoms with Gasteiger partial charge in [0.15, 0.2) is 0 Å². The summed E-state index contributed by atoms with van der Waals surface area (Å²) in [4.78, 5) is 2.56. The molecular formula is C17H35N. The molecule has 1 nitrogen and oxygen atoms in total. The zero-order valence-electron chi connectivity index (χ0n) is 12.9. The molecule has 1 heteroatoms. The Morgan fingerprint density at radius 2 is 1.50 bits per heavy atom. The zero-order valence-corrected chi connectivity index (χ0v) is 12.9. The fourth-order valence-corrected chi connectivity index (χ4v) is 3.15. The molecule has 0 amide bonds. The fourth-order valence-electron chi connectivity index (χ4n) is 3.15. The predicted octanol–water partition coefficient (Wildman–Crippen LogP) is 5.25. The van der Waals surface area contributed by atoms with E-state index in [0.29, 0.717) is 0 Å². The first-order valence-electron chi connectivity index (χ1n) is 8.51. The van der Waals surface area contributed by atoms with Crippen molar-refractivity contribution in [2.45, 2.75) is 84.0 Å². The third kappa shape index (κ3) is 8.13. The molecule has 0 heterocycles. The average molecular weight is 253 g/mol. The van der Waals surface area contributed by atoms with E-state index in [1.54, 1.807) is 0 Å². The second kappa shape index (κ2) is 10.8. The summed E-state index contributed by atoms with van der Waals surface area (Å²) in [5.74, 6) is 1.03. The van der Waals surface area contributed by atoms with Gasteiger partial charge in [0, 0.05) is 0 Å². The van der Waals surface area contributed by atoms with Crippen LogP contribution < -0.4 is 0 Å². The minimum absolute atomic E-state index is 1.03. The smallest absolute Gasteiger partial charge is 0.00191 e. The standard InChI is InChI=1S/C17H35N/c1-3-4-5-11-15-18(2)16-14-17-12-9-7-6-8-10-13-17/h17H,3-16H2,1-2H3. The predicted molar refractivity (Wildman–Crippen MR) is 82.1 cm³/mol. The lowest BCUT2D eigenvalue weighted by atomic mass is 9.89. The Hall–Kier alpha value is -0.0400. The van der Waals surface area contributed by atoms with Crippen LogP contribution in [0.25, 0.3) is 0 Å². The Balaban J connectivity index is 2.02. The van der Waals surface area contributed by atoms with E-state index in [0.717, 1.165) is 5.92 Å². The number of rotatable bonds is 8. The van der Waals surface area contributed by atoms with Gasteiger partial charge in [0.25, 0.3) is 0 Å². The molecule has 0 unspecified atom stereocenters. The zero-order chi connectivity index (χ0) is 13.1. The van der Waals surface area contributed by atoms with E-state index in [1.165, 1.54) is 90.1 Å². The van der Waals surface area contributed by atoms with Crippen LogP contribution in [0.3, 0.4) is 0 Å². The van der Waals surface area contributed by atoms with Crippen LogP contribution in [0.4, 0.5) is 0 Å². The lowest BCUT2D eigenvalue weighted by Crippen LogP contribution is -2.23. The molecule has 0 aromatic carbocycles. The lowest BCUT2D eigenvalue weighted by Gasteiger charge is -2.23. The summed E-state index contributed by atoms with van der Waals surface area (Å²) in [5.41, 5.74) is 0. The SMILES string of the molecule is CCCCCCN(C)CCC1CCCCCCC1. The van der Waals surface area contributed by atoms with Crippen LogP contribution in [0.1, 0.15) is 84.0 Å². The first kappa shape index (κ1) is 16.0. The molecule has 0 aromatic rings. The first-order valence-corrected chi connectivity index (χ1v) is 8.51. The molecule has 0 atom stereocenters. The van der Waals surface area contributed by atoms with Gasteiger partial charge >= 0.3 is 0 Å². The molecule has 1 rings (SSSR count). The van der Waals surface area contributed by atoms with Gasteiger partial charge in [-0.3, -0.25) is 0 Å². The maximum absolute atomic E-state index is 2.56. The molecule has 1 saturated carbocycles. The Kier molecular flexibility index (Phi) is 9.65. The van der Waals surface area contributed by atoms with Crippen molar-refractivity contribution in [3.8, 4) is 0 Å². The summed E-state index contributed by atoms with van der Waals surface area (Å²) < 4.78 is 0. The average Bonchev–Trinajstić information content (AvgIpc) is 2.33. The monoisotopic (exact) mass is 253 g/mol. The van der Waals surface area contributed by atoms with Gasteiger partial charge < -0.3 is 4.90 Å². The molecule has 1 fully saturated rings. The maximum atomic E-state index is 2.56. The maximum Gasteiger partial charge on any atom is -0.00191 e. The highest BCUT2D eigenvalue weighted by Crippen LogP contribution is 2.24. The van der Waals surface area contributed by atoms with Gasteiger partial charge in [-0.05, 0) is 38.9 Å². The Morgan fingerprint density at radius 1 is 0.833 bits per heavy atom. The highest BCUT2D eigenvalue weighted by molar-refractivity contribution is 4.66. The lowest BCUT2D eigenvalue weighted by molar-refractivity contribution is 0.269. The second-order valence-corrected chi connectivity index (χ2v) is 6.36. The summed E-state index contributed by atoms with van der Waals surface area (Å²) in [6.45, 7) is 4.93. The van der Waals surface area contributed by atoms with E-state index in [2.05, 4.69) is 18.9 Å². The normalized spacial score (nSPS) is 18.8. The molecule has 108 valence electrons. The van der Waals surface area contributed by atoms with E-state index in [4.69, 9.17) is 0 Å². The van der Waals surface area contributed by atoms with Crippen LogP contribution in [-0.4, -0.2) is 25.0 Å². The quantitative estimate of drug-likeness (QED) is 0.534. The van der Waals surface area contributed by atoms with Crippen LogP contribution >= 0.6 is 0 Å². The molecule has 18 heavy (non-hydrogen) atoms. The van der Waals surface area contributed by atoms with Gasteiger partial charge in [0.2, 0.25) is 0 Å². The molecule has 0 aromatic heterocycles. The molecule has 1 aliphatic rings. The van der Waals surface area contributed by atoms with Crippen LogP contribution in [-0.2, 0) is 0 Å². The van der Waals surface area contributed by atoms with Crippen molar-refractivity contribution in [1.29, 1.82) is 0 Å². The number of hydrogen-bond donors (Lipinski definition) is 0. The van der Waals surface area contributed by atoms with Gasteiger partial charge in [-0.15, -0.1) is 0 Å². The van der Waals surface area contributed by atoms with Crippen LogP contribution in [0.5, 0.6) is 0 Å². The molecule has 0 saturated heterocycles.